The Hall–Kier alpha value is -1.84. The molecular formula is C11H14FN3. The summed E-state index contributed by atoms with van der Waals surface area (Å²) in [5.74, 6) is -0.0816. The molecule has 1 aromatic rings. The maximum absolute atomic E-state index is 13.5. The smallest absolute Gasteiger partial charge is 0.134 e. The van der Waals surface area contributed by atoms with Gasteiger partial charge in [0.15, 0.2) is 0 Å². The molecule has 0 heterocycles. The van der Waals surface area contributed by atoms with Crippen LogP contribution >= 0.6 is 0 Å². The van der Waals surface area contributed by atoms with E-state index in [0.29, 0.717) is 17.1 Å². The van der Waals surface area contributed by atoms with Gasteiger partial charge in [0.05, 0.1) is 5.84 Å². The van der Waals surface area contributed by atoms with Crippen molar-refractivity contribution in [1.82, 2.24) is 0 Å². The SMILES string of the molecule is C=C(N)c1ccc(N(C)C(C)=N)cc1F. The van der Waals surface area contributed by atoms with Crippen molar-refractivity contribution < 1.29 is 4.39 Å². The first-order valence-electron chi connectivity index (χ1n) is 4.46. The van der Waals surface area contributed by atoms with Crippen LogP contribution in [0.25, 0.3) is 5.70 Å². The van der Waals surface area contributed by atoms with Gasteiger partial charge in [-0.15, -0.1) is 0 Å². The van der Waals surface area contributed by atoms with E-state index in [2.05, 4.69) is 6.58 Å². The van der Waals surface area contributed by atoms with Gasteiger partial charge in [-0.1, -0.05) is 6.58 Å². The van der Waals surface area contributed by atoms with Crippen LogP contribution in [-0.2, 0) is 0 Å². The van der Waals surface area contributed by atoms with Gasteiger partial charge in [0.1, 0.15) is 5.82 Å². The second-order valence-electron chi connectivity index (χ2n) is 3.33. The molecule has 0 aliphatic heterocycles. The second kappa shape index (κ2) is 4.13. The Morgan fingerprint density at radius 1 is 1.53 bits per heavy atom. The molecule has 0 saturated carbocycles. The van der Waals surface area contributed by atoms with Crippen LogP contribution in [0.3, 0.4) is 0 Å². The maximum Gasteiger partial charge on any atom is 0.134 e. The minimum atomic E-state index is -0.423. The largest absolute Gasteiger partial charge is 0.399 e. The lowest BCUT2D eigenvalue weighted by molar-refractivity contribution is 0.624. The summed E-state index contributed by atoms with van der Waals surface area (Å²) >= 11 is 0. The van der Waals surface area contributed by atoms with E-state index < -0.39 is 5.82 Å². The number of halogens is 1. The highest BCUT2D eigenvalue weighted by Crippen LogP contribution is 2.20. The third-order valence-electron chi connectivity index (χ3n) is 2.19. The first-order chi connectivity index (χ1) is 6.93. The summed E-state index contributed by atoms with van der Waals surface area (Å²) in [6.45, 7) is 5.11. The normalized spacial score (nSPS) is 9.80. The Labute approximate surface area is 88.5 Å². The number of nitrogens with two attached hydrogens (primary N) is 1. The Morgan fingerprint density at radius 3 is 2.53 bits per heavy atom. The van der Waals surface area contributed by atoms with E-state index in [1.807, 2.05) is 0 Å². The molecule has 0 bridgehead atoms. The van der Waals surface area contributed by atoms with Gasteiger partial charge in [-0.2, -0.15) is 0 Å². The highest BCUT2D eigenvalue weighted by atomic mass is 19.1. The van der Waals surface area contributed by atoms with Crippen molar-refractivity contribution in [1.29, 1.82) is 5.41 Å². The topological polar surface area (TPSA) is 53.1 Å². The minimum absolute atomic E-state index is 0.202. The molecule has 0 spiro atoms. The van der Waals surface area contributed by atoms with E-state index in [9.17, 15) is 4.39 Å². The van der Waals surface area contributed by atoms with Crippen molar-refractivity contribution in [3.8, 4) is 0 Å². The molecule has 3 N–H and O–H groups in total. The third kappa shape index (κ3) is 2.34. The van der Waals surface area contributed by atoms with E-state index in [1.165, 1.54) is 6.07 Å². The van der Waals surface area contributed by atoms with Crippen molar-refractivity contribution in [2.75, 3.05) is 11.9 Å². The number of hydrogen-bond donors (Lipinski definition) is 2. The average Bonchev–Trinajstić information content (AvgIpc) is 2.15. The molecule has 0 saturated heterocycles. The molecule has 0 atom stereocenters. The number of rotatable bonds is 2. The second-order valence-corrected chi connectivity index (χ2v) is 3.33. The molecule has 0 aliphatic carbocycles. The predicted molar refractivity (Wildman–Crippen MR) is 61.4 cm³/mol. The van der Waals surface area contributed by atoms with Crippen LogP contribution in [-0.4, -0.2) is 12.9 Å². The van der Waals surface area contributed by atoms with Crippen LogP contribution < -0.4 is 10.6 Å². The zero-order valence-corrected chi connectivity index (χ0v) is 8.84. The first kappa shape index (κ1) is 11.2. The number of anilines is 1. The zero-order valence-electron chi connectivity index (χ0n) is 8.84. The van der Waals surface area contributed by atoms with Gasteiger partial charge in [0.25, 0.3) is 0 Å². The molecule has 0 amide bonds. The molecule has 80 valence electrons. The van der Waals surface area contributed by atoms with Gasteiger partial charge in [0.2, 0.25) is 0 Å². The van der Waals surface area contributed by atoms with Crippen molar-refractivity contribution in [3.63, 3.8) is 0 Å². The average molecular weight is 207 g/mol. The Bertz CT molecular complexity index is 412. The molecule has 0 aliphatic rings. The molecular weight excluding hydrogens is 193 g/mol. The summed E-state index contributed by atoms with van der Waals surface area (Å²) in [7, 11) is 1.70. The van der Waals surface area contributed by atoms with E-state index in [4.69, 9.17) is 11.1 Å². The molecule has 1 rings (SSSR count). The Balaban J connectivity index is 3.12. The van der Waals surface area contributed by atoms with E-state index in [-0.39, 0.29) is 5.70 Å². The van der Waals surface area contributed by atoms with Crippen molar-refractivity contribution in [2.24, 2.45) is 5.73 Å². The number of amidine groups is 1. The van der Waals surface area contributed by atoms with Gasteiger partial charge < -0.3 is 10.6 Å². The summed E-state index contributed by atoms with van der Waals surface area (Å²) in [6.07, 6.45) is 0. The minimum Gasteiger partial charge on any atom is -0.399 e. The summed E-state index contributed by atoms with van der Waals surface area (Å²) < 4.78 is 13.5. The summed E-state index contributed by atoms with van der Waals surface area (Å²) in [4.78, 5) is 1.58. The molecule has 0 unspecified atom stereocenters. The van der Waals surface area contributed by atoms with Crippen LogP contribution in [0.2, 0.25) is 0 Å². The maximum atomic E-state index is 13.5. The van der Waals surface area contributed by atoms with Gasteiger partial charge in [-0.25, -0.2) is 4.39 Å². The highest BCUT2D eigenvalue weighted by molar-refractivity contribution is 5.93. The monoisotopic (exact) mass is 207 g/mol. The molecule has 15 heavy (non-hydrogen) atoms. The van der Waals surface area contributed by atoms with Crippen molar-refractivity contribution >= 4 is 17.2 Å². The summed E-state index contributed by atoms with van der Waals surface area (Å²) in [5, 5.41) is 7.41. The van der Waals surface area contributed by atoms with Crippen molar-refractivity contribution in [3.05, 3.63) is 36.2 Å². The summed E-state index contributed by atoms with van der Waals surface area (Å²) in [5.41, 5.74) is 6.53. The van der Waals surface area contributed by atoms with Crippen LogP contribution in [0.4, 0.5) is 10.1 Å². The van der Waals surface area contributed by atoms with Crippen LogP contribution in [0.5, 0.6) is 0 Å². The van der Waals surface area contributed by atoms with E-state index in [0.717, 1.165) is 0 Å². The van der Waals surface area contributed by atoms with Gasteiger partial charge in [0, 0.05) is 24.0 Å². The van der Waals surface area contributed by atoms with Gasteiger partial charge >= 0.3 is 0 Å². The highest BCUT2D eigenvalue weighted by Gasteiger charge is 2.08. The van der Waals surface area contributed by atoms with Crippen LogP contribution in [0.15, 0.2) is 24.8 Å². The lowest BCUT2D eigenvalue weighted by Crippen LogP contribution is -2.22. The molecule has 3 nitrogen and oxygen atoms in total. The molecule has 4 heteroatoms. The lowest BCUT2D eigenvalue weighted by atomic mass is 10.1. The number of nitrogens with zero attached hydrogens (tertiary/aromatic N) is 1. The number of nitrogens with one attached hydrogen (secondary N) is 1. The third-order valence-corrected chi connectivity index (χ3v) is 2.19. The van der Waals surface area contributed by atoms with Crippen molar-refractivity contribution in [2.45, 2.75) is 6.92 Å². The molecule has 0 radical (unpaired) electrons. The molecule has 0 fully saturated rings. The number of hydrogen-bond acceptors (Lipinski definition) is 2. The Kier molecular flexibility index (Phi) is 3.09. The number of benzene rings is 1. The first-order valence-corrected chi connectivity index (χ1v) is 4.46. The van der Waals surface area contributed by atoms with Crippen LogP contribution in [0, 0.1) is 11.2 Å². The standard InChI is InChI=1S/C11H14FN3/c1-7(13)10-5-4-9(6-11(10)12)15(3)8(2)14/h4-6,14H,1,13H2,2-3H3. The van der Waals surface area contributed by atoms with E-state index >= 15 is 0 Å². The van der Waals surface area contributed by atoms with Gasteiger partial charge in [-0.05, 0) is 25.1 Å². The lowest BCUT2D eigenvalue weighted by Gasteiger charge is -2.18. The van der Waals surface area contributed by atoms with Crippen LogP contribution in [0.1, 0.15) is 12.5 Å². The zero-order chi connectivity index (χ0) is 11.6. The fourth-order valence-electron chi connectivity index (χ4n) is 1.17. The molecule has 1 aromatic carbocycles. The fraction of sp³-hybridized carbons (Fsp3) is 0.182. The molecule has 0 aromatic heterocycles. The Morgan fingerprint density at radius 2 is 2.13 bits per heavy atom. The fourth-order valence-corrected chi connectivity index (χ4v) is 1.17. The summed E-state index contributed by atoms with van der Waals surface area (Å²) in [6, 6.07) is 4.60. The predicted octanol–water partition coefficient (Wildman–Crippen LogP) is 2.19. The van der Waals surface area contributed by atoms with E-state index in [1.54, 1.807) is 31.0 Å². The van der Waals surface area contributed by atoms with Gasteiger partial charge in [-0.3, -0.25) is 5.41 Å². The quantitative estimate of drug-likeness (QED) is 0.577.